The number of rotatable bonds is 7. The van der Waals surface area contributed by atoms with Crippen molar-refractivity contribution < 1.29 is 14.6 Å². The second-order valence-electron chi connectivity index (χ2n) is 2.97. The highest BCUT2D eigenvalue weighted by Gasteiger charge is 2.05. The van der Waals surface area contributed by atoms with Crippen LogP contribution in [0.15, 0.2) is 0 Å². The van der Waals surface area contributed by atoms with E-state index in [-0.39, 0.29) is 25.2 Å². The first kappa shape index (κ1) is 12.4. The van der Waals surface area contributed by atoms with Crippen LogP contribution in [0, 0.1) is 0 Å². The average Bonchev–Trinajstić information content (AvgIpc) is 2.11. The number of hydrogen-bond donors (Lipinski definition) is 2. The van der Waals surface area contributed by atoms with Gasteiger partial charge in [-0.2, -0.15) is 0 Å². The van der Waals surface area contributed by atoms with Gasteiger partial charge in [-0.3, -0.25) is 4.79 Å². The summed E-state index contributed by atoms with van der Waals surface area (Å²) in [6.45, 7) is 4.62. The lowest BCUT2D eigenvalue weighted by molar-refractivity contribution is -0.126. The van der Waals surface area contributed by atoms with E-state index in [1.165, 1.54) is 0 Å². The molecule has 1 amide bonds. The van der Waals surface area contributed by atoms with Crippen molar-refractivity contribution in [3.05, 3.63) is 0 Å². The number of aliphatic hydroxyl groups is 1. The van der Waals surface area contributed by atoms with E-state index in [2.05, 4.69) is 5.32 Å². The summed E-state index contributed by atoms with van der Waals surface area (Å²) >= 11 is 0. The first-order chi connectivity index (χ1) is 6.20. The largest absolute Gasteiger partial charge is 0.396 e. The van der Waals surface area contributed by atoms with E-state index in [1.54, 1.807) is 0 Å². The van der Waals surface area contributed by atoms with Crippen molar-refractivity contribution in [3.8, 4) is 0 Å². The van der Waals surface area contributed by atoms with Crippen LogP contribution < -0.4 is 5.32 Å². The monoisotopic (exact) mass is 189 g/mol. The van der Waals surface area contributed by atoms with E-state index in [4.69, 9.17) is 9.84 Å². The van der Waals surface area contributed by atoms with E-state index in [1.807, 2.05) is 13.8 Å². The van der Waals surface area contributed by atoms with Gasteiger partial charge in [0.1, 0.15) is 6.61 Å². The van der Waals surface area contributed by atoms with Crippen molar-refractivity contribution in [2.24, 2.45) is 0 Å². The van der Waals surface area contributed by atoms with Gasteiger partial charge in [0.15, 0.2) is 0 Å². The molecule has 1 atom stereocenters. The van der Waals surface area contributed by atoms with Gasteiger partial charge in [-0.25, -0.2) is 0 Å². The van der Waals surface area contributed by atoms with Crippen LogP contribution in [0.4, 0.5) is 0 Å². The fraction of sp³-hybridized carbons (Fsp3) is 0.889. The molecule has 0 aromatic carbocycles. The van der Waals surface area contributed by atoms with Gasteiger partial charge in [0.05, 0.1) is 0 Å². The zero-order valence-corrected chi connectivity index (χ0v) is 8.38. The molecule has 0 fully saturated rings. The molecule has 0 saturated heterocycles. The van der Waals surface area contributed by atoms with Gasteiger partial charge in [-0.05, 0) is 26.7 Å². The molecule has 13 heavy (non-hydrogen) atoms. The van der Waals surface area contributed by atoms with Crippen molar-refractivity contribution in [1.29, 1.82) is 0 Å². The van der Waals surface area contributed by atoms with Crippen molar-refractivity contribution >= 4 is 5.91 Å². The maximum Gasteiger partial charge on any atom is 0.246 e. The van der Waals surface area contributed by atoms with Gasteiger partial charge in [0, 0.05) is 19.3 Å². The third kappa shape index (κ3) is 7.74. The van der Waals surface area contributed by atoms with Crippen LogP contribution in [0.1, 0.15) is 26.7 Å². The molecule has 0 aromatic heterocycles. The first-order valence-corrected chi connectivity index (χ1v) is 4.68. The minimum absolute atomic E-state index is 0.0905. The Hall–Kier alpha value is -0.610. The maximum atomic E-state index is 11.1. The molecule has 78 valence electrons. The summed E-state index contributed by atoms with van der Waals surface area (Å²) in [5.41, 5.74) is 0. The fourth-order valence-corrected chi connectivity index (χ4v) is 0.981. The lowest BCUT2D eigenvalue weighted by Crippen LogP contribution is -2.35. The molecule has 0 aliphatic carbocycles. The molecule has 4 heteroatoms. The van der Waals surface area contributed by atoms with Gasteiger partial charge in [-0.1, -0.05) is 0 Å². The molecule has 4 nitrogen and oxygen atoms in total. The van der Waals surface area contributed by atoms with Crippen molar-refractivity contribution in [2.45, 2.75) is 32.7 Å². The lowest BCUT2D eigenvalue weighted by atomic mass is 10.2. The Bertz CT molecular complexity index is 139. The predicted octanol–water partition coefficient (Wildman–Crippen LogP) is 0.300. The van der Waals surface area contributed by atoms with E-state index >= 15 is 0 Å². The zero-order chi connectivity index (χ0) is 10.1. The second-order valence-corrected chi connectivity index (χ2v) is 2.97. The number of carbonyl (C=O) groups is 1. The van der Waals surface area contributed by atoms with Crippen molar-refractivity contribution in [1.82, 2.24) is 5.32 Å². The summed E-state index contributed by atoms with van der Waals surface area (Å²) in [7, 11) is 0. The number of carbonyl (C=O) groups excluding carboxylic acids is 1. The molecular weight excluding hydrogens is 170 g/mol. The van der Waals surface area contributed by atoms with E-state index in [0.717, 1.165) is 12.8 Å². The van der Waals surface area contributed by atoms with Crippen LogP contribution in [0.5, 0.6) is 0 Å². The van der Waals surface area contributed by atoms with E-state index < -0.39 is 0 Å². The number of ether oxygens (including phenoxy) is 1. The molecule has 0 spiro atoms. The fourth-order valence-electron chi connectivity index (χ4n) is 0.981. The third-order valence-corrected chi connectivity index (χ3v) is 1.64. The van der Waals surface area contributed by atoms with Crippen molar-refractivity contribution in [3.63, 3.8) is 0 Å². The number of nitrogens with one attached hydrogen (secondary N) is 1. The first-order valence-electron chi connectivity index (χ1n) is 4.68. The zero-order valence-electron chi connectivity index (χ0n) is 8.38. The van der Waals surface area contributed by atoms with Crippen LogP contribution in [0.25, 0.3) is 0 Å². The molecule has 0 aliphatic heterocycles. The Morgan fingerprint density at radius 2 is 2.31 bits per heavy atom. The molecule has 0 heterocycles. The molecule has 2 N–H and O–H groups in total. The summed E-state index contributed by atoms with van der Waals surface area (Å²) in [6.07, 6.45) is 1.52. The quantitative estimate of drug-likeness (QED) is 0.605. The summed E-state index contributed by atoms with van der Waals surface area (Å²) in [5.74, 6) is -0.0905. The average molecular weight is 189 g/mol. The highest BCUT2D eigenvalue weighted by atomic mass is 16.5. The molecule has 0 radical (unpaired) electrons. The standard InChI is InChI=1S/C9H19NO3/c1-3-13-7-9(12)10-8(2)5-4-6-11/h8,11H,3-7H2,1-2H3,(H,10,12). The topological polar surface area (TPSA) is 58.6 Å². The maximum absolute atomic E-state index is 11.1. The second kappa shape index (κ2) is 8.01. The Kier molecular flexibility index (Phi) is 7.63. The lowest BCUT2D eigenvalue weighted by Gasteiger charge is -2.12. The molecule has 0 aliphatic rings. The molecule has 0 bridgehead atoms. The molecule has 0 rings (SSSR count). The minimum atomic E-state index is -0.0905. The van der Waals surface area contributed by atoms with Gasteiger partial charge in [0.25, 0.3) is 0 Å². The molecule has 0 aromatic rings. The van der Waals surface area contributed by atoms with E-state index in [0.29, 0.717) is 6.61 Å². The van der Waals surface area contributed by atoms with Gasteiger partial charge in [-0.15, -0.1) is 0 Å². The van der Waals surface area contributed by atoms with Crippen LogP contribution in [0.2, 0.25) is 0 Å². The SMILES string of the molecule is CCOCC(=O)NC(C)CCCO. The van der Waals surface area contributed by atoms with Gasteiger partial charge in [0.2, 0.25) is 5.91 Å². The summed E-state index contributed by atoms with van der Waals surface area (Å²) < 4.78 is 4.94. The van der Waals surface area contributed by atoms with Gasteiger partial charge >= 0.3 is 0 Å². The normalized spacial score (nSPS) is 12.5. The minimum Gasteiger partial charge on any atom is -0.396 e. The Morgan fingerprint density at radius 3 is 2.85 bits per heavy atom. The summed E-state index contributed by atoms with van der Waals surface area (Å²) in [4.78, 5) is 11.1. The van der Waals surface area contributed by atoms with E-state index in [9.17, 15) is 4.79 Å². The Balaban J connectivity index is 3.41. The van der Waals surface area contributed by atoms with Gasteiger partial charge < -0.3 is 15.2 Å². The van der Waals surface area contributed by atoms with Crippen molar-refractivity contribution in [2.75, 3.05) is 19.8 Å². The number of amides is 1. The molecule has 1 unspecified atom stereocenters. The number of hydrogen-bond acceptors (Lipinski definition) is 3. The van der Waals surface area contributed by atoms with Crippen LogP contribution >= 0.6 is 0 Å². The Labute approximate surface area is 79.3 Å². The predicted molar refractivity (Wildman–Crippen MR) is 50.4 cm³/mol. The highest BCUT2D eigenvalue weighted by Crippen LogP contribution is 1.94. The van der Waals surface area contributed by atoms with Crippen LogP contribution in [-0.2, 0) is 9.53 Å². The summed E-state index contributed by atoms with van der Waals surface area (Å²) in [5, 5.41) is 11.3. The smallest absolute Gasteiger partial charge is 0.246 e. The Morgan fingerprint density at radius 1 is 1.62 bits per heavy atom. The van der Waals surface area contributed by atoms with Crippen LogP contribution in [-0.4, -0.2) is 36.9 Å². The molecular formula is C9H19NO3. The highest BCUT2D eigenvalue weighted by molar-refractivity contribution is 5.77. The molecule has 0 saturated carbocycles. The number of aliphatic hydroxyl groups excluding tert-OH is 1. The third-order valence-electron chi connectivity index (χ3n) is 1.64. The van der Waals surface area contributed by atoms with Crippen LogP contribution in [0.3, 0.4) is 0 Å². The summed E-state index contributed by atoms with van der Waals surface area (Å²) in [6, 6.07) is 0.111.